The van der Waals surface area contributed by atoms with Crippen molar-refractivity contribution in [2.24, 2.45) is 0 Å². The first-order valence-electron chi connectivity index (χ1n) is 4.27. The number of hydrogen-bond donors (Lipinski definition) is 0. The van der Waals surface area contributed by atoms with Crippen LogP contribution in [0.25, 0.3) is 0 Å². The maximum atomic E-state index is 12.2. The Morgan fingerprint density at radius 3 is 2.27 bits per heavy atom. The van der Waals surface area contributed by atoms with Crippen LogP contribution in [0, 0.1) is 12.3 Å². The summed E-state index contributed by atoms with van der Waals surface area (Å²) in [5, 5.41) is 0. The Hall–Kier alpha value is -1.08. The predicted molar refractivity (Wildman–Crippen MR) is 55.6 cm³/mol. The summed E-state index contributed by atoms with van der Waals surface area (Å²) >= 11 is 1.45. The normalized spacial score (nSPS) is 11.1. The Morgan fingerprint density at radius 2 is 1.80 bits per heavy atom. The second-order valence-corrected chi connectivity index (χ2v) is 3.99. The van der Waals surface area contributed by atoms with Crippen molar-refractivity contribution in [2.75, 3.05) is 5.75 Å². The van der Waals surface area contributed by atoms with E-state index in [2.05, 4.69) is 5.92 Å². The van der Waals surface area contributed by atoms with Gasteiger partial charge in [-0.1, -0.05) is 0 Å². The van der Waals surface area contributed by atoms with E-state index in [1.165, 1.54) is 23.9 Å². The van der Waals surface area contributed by atoms with Crippen LogP contribution >= 0.6 is 11.8 Å². The maximum Gasteiger partial charge on any atom is 0.416 e. The maximum absolute atomic E-state index is 12.2. The lowest BCUT2D eigenvalue weighted by atomic mass is 10.2. The highest BCUT2D eigenvalue weighted by Crippen LogP contribution is 2.30. The van der Waals surface area contributed by atoms with Crippen molar-refractivity contribution in [3.63, 3.8) is 0 Å². The van der Waals surface area contributed by atoms with Gasteiger partial charge >= 0.3 is 6.18 Å². The van der Waals surface area contributed by atoms with E-state index in [1.54, 1.807) is 0 Å². The van der Waals surface area contributed by atoms with Gasteiger partial charge in [0, 0.05) is 17.1 Å². The molecule has 0 bridgehead atoms. The third-order valence-corrected chi connectivity index (χ3v) is 2.71. The lowest BCUT2D eigenvalue weighted by Gasteiger charge is -2.06. The van der Waals surface area contributed by atoms with Gasteiger partial charge in [-0.05, 0) is 24.3 Å². The predicted octanol–water partition coefficient (Wildman–Crippen LogP) is 3.82. The highest BCUT2D eigenvalue weighted by atomic mass is 32.2. The number of rotatable bonds is 3. The van der Waals surface area contributed by atoms with E-state index in [4.69, 9.17) is 6.42 Å². The van der Waals surface area contributed by atoms with Crippen LogP contribution in [-0.2, 0) is 6.18 Å². The summed E-state index contributed by atoms with van der Waals surface area (Å²) in [6, 6.07) is 5.09. The van der Waals surface area contributed by atoms with Crippen LogP contribution in [0.2, 0.25) is 0 Å². The number of halogens is 3. The molecular formula is C11H9F3S. The molecule has 0 fully saturated rings. The van der Waals surface area contributed by atoms with Gasteiger partial charge in [-0.15, -0.1) is 24.1 Å². The molecule has 1 rings (SSSR count). The zero-order valence-corrected chi connectivity index (χ0v) is 8.66. The number of alkyl halides is 3. The van der Waals surface area contributed by atoms with E-state index in [0.717, 1.165) is 22.8 Å². The van der Waals surface area contributed by atoms with Gasteiger partial charge in [0.2, 0.25) is 0 Å². The van der Waals surface area contributed by atoms with Crippen LogP contribution < -0.4 is 0 Å². The van der Waals surface area contributed by atoms with Crippen molar-refractivity contribution >= 4 is 11.8 Å². The Kier molecular flexibility index (Phi) is 4.10. The number of benzene rings is 1. The van der Waals surface area contributed by atoms with Gasteiger partial charge in [-0.3, -0.25) is 0 Å². The molecule has 0 aromatic heterocycles. The standard InChI is InChI=1S/C11H9F3S/c1-2-3-8-15-10-6-4-9(5-7-10)11(12,13)14/h1,4-7H,3,8H2. The fraction of sp³-hybridized carbons (Fsp3) is 0.273. The molecule has 1 aromatic rings. The summed E-state index contributed by atoms with van der Waals surface area (Å²) in [6.07, 6.45) is 1.42. The Labute approximate surface area is 90.9 Å². The Bertz CT molecular complexity index is 346. The van der Waals surface area contributed by atoms with E-state index in [9.17, 15) is 13.2 Å². The van der Waals surface area contributed by atoms with Crippen LogP contribution in [0.4, 0.5) is 13.2 Å². The minimum Gasteiger partial charge on any atom is -0.166 e. The van der Waals surface area contributed by atoms with E-state index in [0.29, 0.717) is 6.42 Å². The molecule has 0 saturated heterocycles. The molecular weight excluding hydrogens is 221 g/mol. The van der Waals surface area contributed by atoms with Crippen molar-refractivity contribution in [3.8, 4) is 12.3 Å². The third kappa shape index (κ3) is 3.88. The summed E-state index contributed by atoms with van der Waals surface area (Å²) in [6.45, 7) is 0. The first kappa shape index (κ1) is 12.0. The van der Waals surface area contributed by atoms with E-state index >= 15 is 0 Å². The molecule has 80 valence electrons. The second-order valence-electron chi connectivity index (χ2n) is 2.82. The molecule has 0 aliphatic heterocycles. The number of thioether (sulfide) groups is 1. The molecule has 0 amide bonds. The first-order valence-corrected chi connectivity index (χ1v) is 5.26. The van der Waals surface area contributed by atoms with Crippen molar-refractivity contribution in [2.45, 2.75) is 17.5 Å². The fourth-order valence-electron chi connectivity index (χ4n) is 0.968. The lowest BCUT2D eigenvalue weighted by Crippen LogP contribution is -2.03. The van der Waals surface area contributed by atoms with Gasteiger partial charge < -0.3 is 0 Å². The topological polar surface area (TPSA) is 0 Å². The molecule has 0 spiro atoms. The van der Waals surface area contributed by atoms with Gasteiger partial charge in [0.1, 0.15) is 0 Å². The number of hydrogen-bond acceptors (Lipinski definition) is 1. The molecule has 0 saturated carbocycles. The van der Waals surface area contributed by atoms with E-state index in [1.807, 2.05) is 0 Å². The molecule has 0 aliphatic carbocycles. The summed E-state index contributed by atoms with van der Waals surface area (Å²) < 4.78 is 36.6. The zero-order chi connectivity index (χ0) is 11.3. The quantitative estimate of drug-likeness (QED) is 0.432. The molecule has 0 aliphatic rings. The minimum absolute atomic E-state index is 0.617. The molecule has 15 heavy (non-hydrogen) atoms. The van der Waals surface area contributed by atoms with Crippen molar-refractivity contribution in [1.29, 1.82) is 0 Å². The van der Waals surface area contributed by atoms with Gasteiger partial charge in [-0.25, -0.2) is 0 Å². The smallest absolute Gasteiger partial charge is 0.166 e. The van der Waals surface area contributed by atoms with Gasteiger partial charge in [0.15, 0.2) is 0 Å². The Morgan fingerprint density at radius 1 is 1.20 bits per heavy atom. The fourth-order valence-corrected chi connectivity index (χ4v) is 1.75. The van der Waals surface area contributed by atoms with Crippen LogP contribution in [0.1, 0.15) is 12.0 Å². The average molecular weight is 230 g/mol. The largest absolute Gasteiger partial charge is 0.416 e. The van der Waals surface area contributed by atoms with E-state index < -0.39 is 11.7 Å². The van der Waals surface area contributed by atoms with Crippen molar-refractivity contribution in [3.05, 3.63) is 29.8 Å². The SMILES string of the molecule is C#CCCSc1ccc(C(F)(F)F)cc1. The highest BCUT2D eigenvalue weighted by molar-refractivity contribution is 7.99. The van der Waals surface area contributed by atoms with Gasteiger partial charge in [0.25, 0.3) is 0 Å². The molecule has 4 heteroatoms. The summed E-state index contributed by atoms with van der Waals surface area (Å²) in [5.74, 6) is 3.20. The summed E-state index contributed by atoms with van der Waals surface area (Å²) in [7, 11) is 0. The summed E-state index contributed by atoms with van der Waals surface area (Å²) in [5.41, 5.74) is -0.621. The number of terminal acetylenes is 1. The second kappa shape index (κ2) is 5.13. The van der Waals surface area contributed by atoms with Crippen LogP contribution in [0.3, 0.4) is 0 Å². The monoisotopic (exact) mass is 230 g/mol. The first-order chi connectivity index (χ1) is 7.04. The molecule has 0 unspecified atom stereocenters. The summed E-state index contributed by atoms with van der Waals surface area (Å²) in [4.78, 5) is 0.804. The van der Waals surface area contributed by atoms with Crippen molar-refractivity contribution in [1.82, 2.24) is 0 Å². The molecule has 0 N–H and O–H groups in total. The molecule has 0 heterocycles. The molecule has 0 atom stereocenters. The lowest BCUT2D eigenvalue weighted by molar-refractivity contribution is -0.137. The third-order valence-electron chi connectivity index (χ3n) is 1.70. The molecule has 0 nitrogen and oxygen atoms in total. The van der Waals surface area contributed by atoms with Crippen LogP contribution in [-0.4, -0.2) is 5.75 Å². The van der Waals surface area contributed by atoms with E-state index in [-0.39, 0.29) is 0 Å². The minimum atomic E-state index is -4.26. The average Bonchev–Trinajstić information content (AvgIpc) is 2.18. The van der Waals surface area contributed by atoms with Gasteiger partial charge in [0.05, 0.1) is 5.56 Å². The van der Waals surface area contributed by atoms with Gasteiger partial charge in [-0.2, -0.15) is 13.2 Å². The zero-order valence-electron chi connectivity index (χ0n) is 7.84. The van der Waals surface area contributed by atoms with Crippen LogP contribution in [0.15, 0.2) is 29.2 Å². The molecule has 0 radical (unpaired) electrons. The Balaban J connectivity index is 2.61. The molecule has 1 aromatic carbocycles. The van der Waals surface area contributed by atoms with Crippen LogP contribution in [0.5, 0.6) is 0 Å². The highest BCUT2D eigenvalue weighted by Gasteiger charge is 2.29. The van der Waals surface area contributed by atoms with Crippen molar-refractivity contribution < 1.29 is 13.2 Å².